The van der Waals surface area contributed by atoms with E-state index in [0.717, 1.165) is 12.8 Å². The highest BCUT2D eigenvalue weighted by Gasteiger charge is 2.19. The minimum Gasteiger partial charge on any atom is -0.342 e. The molecule has 0 aliphatic carbocycles. The molecule has 1 rings (SSSR count). The van der Waals surface area contributed by atoms with E-state index in [4.69, 9.17) is 5.73 Å². The summed E-state index contributed by atoms with van der Waals surface area (Å²) in [5, 5.41) is 2.79. The fourth-order valence-corrected chi connectivity index (χ4v) is 1.44. The van der Waals surface area contributed by atoms with Crippen molar-refractivity contribution in [3.8, 4) is 0 Å². The molecule has 0 aromatic carbocycles. The maximum absolute atomic E-state index is 11.5. The Kier molecular flexibility index (Phi) is 4.89. The molecule has 1 aliphatic rings. The largest absolute Gasteiger partial charge is 0.342 e. The lowest BCUT2D eigenvalue weighted by molar-refractivity contribution is -0.119. The van der Waals surface area contributed by atoms with E-state index in [2.05, 4.69) is 5.32 Å². The molecule has 0 aromatic heterocycles. The van der Waals surface area contributed by atoms with Crippen LogP contribution in [-0.4, -0.2) is 61.5 Å². The lowest BCUT2D eigenvalue weighted by Crippen LogP contribution is -2.51. The summed E-state index contributed by atoms with van der Waals surface area (Å²) in [6, 6.07) is -0.0611. The van der Waals surface area contributed by atoms with Crippen LogP contribution in [0.1, 0.15) is 6.42 Å². The number of hydrogen-bond donors (Lipinski definition) is 2. The van der Waals surface area contributed by atoms with Crippen molar-refractivity contribution in [1.82, 2.24) is 15.1 Å². The first-order chi connectivity index (χ1) is 7.27. The summed E-state index contributed by atoms with van der Waals surface area (Å²) in [5.41, 5.74) is 5.32. The van der Waals surface area contributed by atoms with E-state index in [0.29, 0.717) is 39.3 Å². The highest BCUT2D eigenvalue weighted by atomic mass is 16.2. The standard InChI is InChI=1S/C9H18N4O2/c10-2-1-3-11-9(15)13-6-4-12(8-14)5-7-13/h8H,1-7,10H2,(H,11,15). The van der Waals surface area contributed by atoms with Crippen molar-refractivity contribution in [2.24, 2.45) is 5.73 Å². The molecule has 1 saturated heterocycles. The smallest absolute Gasteiger partial charge is 0.317 e. The molecule has 86 valence electrons. The molecule has 6 heteroatoms. The third-order valence-electron chi connectivity index (χ3n) is 2.41. The number of carbonyl (C=O) groups is 2. The van der Waals surface area contributed by atoms with Crippen molar-refractivity contribution in [2.75, 3.05) is 39.3 Å². The highest BCUT2D eigenvalue weighted by molar-refractivity contribution is 5.74. The average Bonchev–Trinajstić information content (AvgIpc) is 2.29. The third kappa shape index (κ3) is 3.75. The predicted octanol–water partition coefficient (Wildman–Crippen LogP) is -1.18. The molecule has 0 aromatic rings. The van der Waals surface area contributed by atoms with Crippen molar-refractivity contribution in [3.63, 3.8) is 0 Å². The van der Waals surface area contributed by atoms with Gasteiger partial charge in [0.2, 0.25) is 6.41 Å². The van der Waals surface area contributed by atoms with E-state index < -0.39 is 0 Å². The van der Waals surface area contributed by atoms with Gasteiger partial charge in [0.15, 0.2) is 0 Å². The molecular formula is C9H18N4O2. The van der Waals surface area contributed by atoms with Gasteiger partial charge in [0, 0.05) is 32.7 Å². The summed E-state index contributed by atoms with van der Waals surface area (Å²) in [7, 11) is 0. The second-order valence-corrected chi connectivity index (χ2v) is 3.50. The monoisotopic (exact) mass is 214 g/mol. The molecule has 0 saturated carbocycles. The molecule has 3 amide bonds. The molecule has 1 heterocycles. The van der Waals surface area contributed by atoms with Crippen LogP contribution >= 0.6 is 0 Å². The van der Waals surface area contributed by atoms with Crippen molar-refractivity contribution in [2.45, 2.75) is 6.42 Å². The molecule has 3 N–H and O–H groups in total. The van der Waals surface area contributed by atoms with Gasteiger partial charge in [0.05, 0.1) is 0 Å². The van der Waals surface area contributed by atoms with Crippen LogP contribution in [0, 0.1) is 0 Å². The number of nitrogens with one attached hydrogen (secondary N) is 1. The minimum atomic E-state index is -0.0611. The Morgan fingerprint density at radius 1 is 1.33 bits per heavy atom. The number of urea groups is 1. The lowest BCUT2D eigenvalue weighted by Gasteiger charge is -2.32. The Morgan fingerprint density at radius 3 is 2.53 bits per heavy atom. The fourth-order valence-electron chi connectivity index (χ4n) is 1.44. The number of nitrogens with two attached hydrogens (primary N) is 1. The van der Waals surface area contributed by atoms with Gasteiger partial charge in [-0.3, -0.25) is 4.79 Å². The van der Waals surface area contributed by atoms with E-state index in [9.17, 15) is 9.59 Å². The Labute approximate surface area is 89.4 Å². The van der Waals surface area contributed by atoms with Gasteiger partial charge >= 0.3 is 6.03 Å². The topological polar surface area (TPSA) is 78.7 Å². The maximum atomic E-state index is 11.5. The molecule has 1 aliphatic heterocycles. The molecule has 0 unspecified atom stereocenters. The predicted molar refractivity (Wildman–Crippen MR) is 56.3 cm³/mol. The Hall–Kier alpha value is -1.30. The van der Waals surface area contributed by atoms with Gasteiger partial charge in [-0.05, 0) is 13.0 Å². The Morgan fingerprint density at radius 2 is 2.00 bits per heavy atom. The van der Waals surface area contributed by atoms with Crippen molar-refractivity contribution < 1.29 is 9.59 Å². The average molecular weight is 214 g/mol. The van der Waals surface area contributed by atoms with E-state index in [1.165, 1.54) is 0 Å². The van der Waals surface area contributed by atoms with Gasteiger partial charge in [0.25, 0.3) is 0 Å². The molecule has 0 atom stereocenters. The van der Waals surface area contributed by atoms with Gasteiger partial charge in [0.1, 0.15) is 0 Å². The van der Waals surface area contributed by atoms with Crippen molar-refractivity contribution >= 4 is 12.4 Å². The number of nitrogens with zero attached hydrogens (tertiary/aromatic N) is 2. The zero-order valence-corrected chi connectivity index (χ0v) is 8.82. The summed E-state index contributed by atoms with van der Waals surface area (Å²) in [6.45, 7) is 3.64. The number of amides is 3. The number of carbonyl (C=O) groups excluding carboxylic acids is 2. The minimum absolute atomic E-state index is 0.0611. The lowest BCUT2D eigenvalue weighted by atomic mass is 10.3. The molecule has 0 bridgehead atoms. The number of piperazine rings is 1. The van der Waals surface area contributed by atoms with E-state index in [1.807, 2.05) is 0 Å². The van der Waals surface area contributed by atoms with E-state index in [-0.39, 0.29) is 6.03 Å². The van der Waals surface area contributed by atoms with Crippen LogP contribution < -0.4 is 11.1 Å². The summed E-state index contributed by atoms with van der Waals surface area (Å²) in [5.74, 6) is 0. The van der Waals surface area contributed by atoms with Crippen LogP contribution in [0.5, 0.6) is 0 Å². The summed E-state index contributed by atoms with van der Waals surface area (Å²) >= 11 is 0. The third-order valence-corrected chi connectivity index (χ3v) is 2.41. The van der Waals surface area contributed by atoms with Crippen molar-refractivity contribution in [1.29, 1.82) is 0 Å². The second-order valence-electron chi connectivity index (χ2n) is 3.50. The fraction of sp³-hybridized carbons (Fsp3) is 0.778. The zero-order chi connectivity index (χ0) is 11.1. The molecule has 0 spiro atoms. The van der Waals surface area contributed by atoms with Crippen LogP contribution in [0.15, 0.2) is 0 Å². The molecule has 15 heavy (non-hydrogen) atoms. The van der Waals surface area contributed by atoms with Gasteiger partial charge in [-0.15, -0.1) is 0 Å². The summed E-state index contributed by atoms with van der Waals surface area (Å²) in [6.07, 6.45) is 1.61. The molecular weight excluding hydrogens is 196 g/mol. The van der Waals surface area contributed by atoms with Gasteiger partial charge in [-0.2, -0.15) is 0 Å². The van der Waals surface area contributed by atoms with Crippen LogP contribution in [0.4, 0.5) is 4.79 Å². The van der Waals surface area contributed by atoms with Gasteiger partial charge in [-0.25, -0.2) is 4.79 Å². The van der Waals surface area contributed by atoms with E-state index in [1.54, 1.807) is 9.80 Å². The number of hydrogen-bond acceptors (Lipinski definition) is 3. The first-order valence-electron chi connectivity index (χ1n) is 5.20. The van der Waals surface area contributed by atoms with Crippen LogP contribution in [0.3, 0.4) is 0 Å². The molecule has 6 nitrogen and oxygen atoms in total. The van der Waals surface area contributed by atoms with Crippen LogP contribution in [0.25, 0.3) is 0 Å². The maximum Gasteiger partial charge on any atom is 0.317 e. The van der Waals surface area contributed by atoms with Gasteiger partial charge in [-0.1, -0.05) is 0 Å². The molecule has 1 fully saturated rings. The van der Waals surface area contributed by atoms with Gasteiger partial charge < -0.3 is 20.9 Å². The normalized spacial score (nSPS) is 16.3. The highest BCUT2D eigenvalue weighted by Crippen LogP contribution is 1.99. The van der Waals surface area contributed by atoms with E-state index >= 15 is 0 Å². The Balaban J connectivity index is 2.21. The first-order valence-corrected chi connectivity index (χ1v) is 5.20. The van der Waals surface area contributed by atoms with Crippen molar-refractivity contribution in [3.05, 3.63) is 0 Å². The first kappa shape index (κ1) is 11.8. The van der Waals surface area contributed by atoms with Crippen LogP contribution in [-0.2, 0) is 4.79 Å². The summed E-state index contributed by atoms with van der Waals surface area (Å²) in [4.78, 5) is 25.4. The molecule has 0 radical (unpaired) electrons. The SMILES string of the molecule is NCCCNC(=O)N1CCN(C=O)CC1. The second kappa shape index (κ2) is 6.23. The van der Waals surface area contributed by atoms with Crippen LogP contribution in [0.2, 0.25) is 0 Å². The Bertz CT molecular complexity index is 214. The zero-order valence-electron chi connectivity index (χ0n) is 8.82. The summed E-state index contributed by atoms with van der Waals surface area (Å²) < 4.78 is 0. The number of rotatable bonds is 4. The quantitative estimate of drug-likeness (QED) is 0.456.